The van der Waals surface area contributed by atoms with Gasteiger partial charge in [0, 0.05) is 4.91 Å². The Kier molecular flexibility index (Phi) is 8.03. The van der Waals surface area contributed by atoms with E-state index in [0.717, 1.165) is 30.6 Å². The fraction of sp³-hybridized carbons (Fsp3) is 0.895. The van der Waals surface area contributed by atoms with Crippen LogP contribution in [0.1, 0.15) is 79.6 Å². The van der Waals surface area contributed by atoms with Crippen LogP contribution in [0.5, 0.6) is 0 Å². The van der Waals surface area contributed by atoms with E-state index in [4.69, 9.17) is 5.53 Å². The SMILES string of the molecule is CCCCC[C@@](C)(/C=C/[C@@H]1C[C@H](C)CC[C@H]1C(C)C)N=[N+]=[N-]. The Hall–Kier alpha value is -0.950. The zero-order valence-electron chi connectivity index (χ0n) is 15.3. The molecular weight excluding hydrogens is 270 g/mol. The molecule has 1 saturated carbocycles. The van der Waals surface area contributed by atoms with Gasteiger partial charge in [-0.3, -0.25) is 0 Å². The molecule has 3 heteroatoms. The molecule has 4 atom stereocenters. The number of hydrogen-bond donors (Lipinski definition) is 0. The van der Waals surface area contributed by atoms with Crippen molar-refractivity contribution in [1.82, 2.24) is 0 Å². The van der Waals surface area contributed by atoms with Crippen molar-refractivity contribution >= 4 is 0 Å². The van der Waals surface area contributed by atoms with Gasteiger partial charge in [-0.05, 0) is 48.5 Å². The third-order valence-electron chi connectivity index (χ3n) is 5.34. The molecule has 0 heterocycles. The molecule has 0 aliphatic heterocycles. The van der Waals surface area contributed by atoms with Crippen LogP contribution >= 0.6 is 0 Å². The smallest absolute Gasteiger partial charge is 0.0640 e. The fourth-order valence-corrected chi connectivity index (χ4v) is 3.83. The van der Waals surface area contributed by atoms with Gasteiger partial charge in [-0.2, -0.15) is 0 Å². The van der Waals surface area contributed by atoms with Gasteiger partial charge in [-0.15, -0.1) is 0 Å². The van der Waals surface area contributed by atoms with Crippen LogP contribution in [0.4, 0.5) is 0 Å². The highest BCUT2D eigenvalue weighted by Crippen LogP contribution is 2.39. The second-order valence-electron chi connectivity index (χ2n) is 7.85. The zero-order chi connectivity index (χ0) is 16.6. The molecule has 1 aliphatic rings. The highest BCUT2D eigenvalue weighted by atomic mass is 15.2. The molecule has 0 aromatic carbocycles. The number of unbranched alkanes of at least 4 members (excludes halogenated alkanes) is 2. The standard InChI is InChI=1S/C19H35N3/c1-6-7-8-12-19(5,21-22-20)13-11-17-14-16(4)9-10-18(17)15(2)3/h11,13,15-18H,6-10,12,14H2,1-5H3/b13-11+/t16-,17-,18+,19+/m1/s1. The normalized spacial score (nSPS) is 28.5. The largest absolute Gasteiger partial charge is 0.0845 e. The first-order chi connectivity index (χ1) is 10.4. The molecule has 1 aliphatic carbocycles. The summed E-state index contributed by atoms with van der Waals surface area (Å²) in [7, 11) is 0. The molecule has 0 aromatic rings. The maximum absolute atomic E-state index is 8.90. The minimum atomic E-state index is -0.355. The molecule has 1 fully saturated rings. The van der Waals surface area contributed by atoms with Gasteiger partial charge in [0.1, 0.15) is 0 Å². The van der Waals surface area contributed by atoms with E-state index in [0.29, 0.717) is 5.92 Å². The Labute approximate surface area is 137 Å². The van der Waals surface area contributed by atoms with E-state index in [2.05, 4.69) is 56.8 Å². The summed E-state index contributed by atoms with van der Waals surface area (Å²) >= 11 is 0. The Balaban J connectivity index is 2.79. The van der Waals surface area contributed by atoms with Gasteiger partial charge in [0.2, 0.25) is 0 Å². The number of hydrogen-bond acceptors (Lipinski definition) is 1. The topological polar surface area (TPSA) is 48.8 Å². The van der Waals surface area contributed by atoms with E-state index in [1.54, 1.807) is 0 Å². The first-order valence-corrected chi connectivity index (χ1v) is 9.17. The lowest BCUT2D eigenvalue weighted by molar-refractivity contribution is 0.178. The first-order valence-electron chi connectivity index (χ1n) is 9.17. The molecule has 126 valence electrons. The van der Waals surface area contributed by atoms with Gasteiger partial charge in [-0.1, -0.05) is 77.6 Å². The van der Waals surface area contributed by atoms with Gasteiger partial charge in [0.25, 0.3) is 0 Å². The van der Waals surface area contributed by atoms with E-state index < -0.39 is 0 Å². The van der Waals surface area contributed by atoms with E-state index in [1.807, 2.05) is 0 Å². The quantitative estimate of drug-likeness (QED) is 0.154. The van der Waals surface area contributed by atoms with E-state index in [-0.39, 0.29) is 5.54 Å². The van der Waals surface area contributed by atoms with Crippen LogP contribution in [0, 0.1) is 23.7 Å². The van der Waals surface area contributed by atoms with Crippen molar-refractivity contribution in [3.8, 4) is 0 Å². The average Bonchev–Trinajstić information content (AvgIpc) is 2.45. The fourth-order valence-electron chi connectivity index (χ4n) is 3.83. The summed E-state index contributed by atoms with van der Waals surface area (Å²) in [5.74, 6) is 2.96. The van der Waals surface area contributed by atoms with Crippen LogP contribution in [0.25, 0.3) is 10.4 Å². The van der Waals surface area contributed by atoms with Crippen LogP contribution in [-0.2, 0) is 0 Å². The predicted molar refractivity (Wildman–Crippen MR) is 95.7 cm³/mol. The third-order valence-corrected chi connectivity index (χ3v) is 5.34. The molecular formula is C19H35N3. The van der Waals surface area contributed by atoms with Gasteiger partial charge < -0.3 is 0 Å². The monoisotopic (exact) mass is 305 g/mol. The maximum atomic E-state index is 8.90. The van der Waals surface area contributed by atoms with Crippen LogP contribution in [-0.4, -0.2) is 5.54 Å². The molecule has 0 N–H and O–H groups in total. The molecule has 22 heavy (non-hydrogen) atoms. The Bertz CT molecular complexity index is 395. The molecule has 0 saturated heterocycles. The summed E-state index contributed by atoms with van der Waals surface area (Å²) in [6.45, 7) is 11.3. The van der Waals surface area contributed by atoms with Crippen molar-refractivity contribution in [2.45, 2.75) is 85.1 Å². The summed E-state index contributed by atoms with van der Waals surface area (Å²) in [6, 6.07) is 0. The lowest BCUT2D eigenvalue weighted by Gasteiger charge is -2.36. The number of allylic oxidation sites excluding steroid dienone is 1. The van der Waals surface area contributed by atoms with Crippen LogP contribution in [0.2, 0.25) is 0 Å². The summed E-state index contributed by atoms with van der Waals surface area (Å²) in [4.78, 5) is 3.09. The third kappa shape index (κ3) is 6.04. The molecule has 0 spiro atoms. The maximum Gasteiger partial charge on any atom is 0.0640 e. The zero-order valence-corrected chi connectivity index (χ0v) is 15.3. The highest BCUT2D eigenvalue weighted by molar-refractivity contribution is 5.08. The molecule has 0 bridgehead atoms. The summed E-state index contributed by atoms with van der Waals surface area (Å²) in [5, 5.41) is 4.09. The summed E-state index contributed by atoms with van der Waals surface area (Å²) < 4.78 is 0. The Morgan fingerprint density at radius 3 is 2.64 bits per heavy atom. The Morgan fingerprint density at radius 2 is 2.05 bits per heavy atom. The second-order valence-corrected chi connectivity index (χ2v) is 7.85. The van der Waals surface area contributed by atoms with Crippen molar-refractivity contribution in [1.29, 1.82) is 0 Å². The highest BCUT2D eigenvalue weighted by Gasteiger charge is 2.29. The Morgan fingerprint density at radius 1 is 1.32 bits per heavy atom. The van der Waals surface area contributed by atoms with Crippen LogP contribution < -0.4 is 0 Å². The van der Waals surface area contributed by atoms with Crippen LogP contribution in [0.3, 0.4) is 0 Å². The van der Waals surface area contributed by atoms with Crippen molar-refractivity contribution in [3.05, 3.63) is 22.6 Å². The lowest BCUT2D eigenvalue weighted by atomic mass is 9.69. The van der Waals surface area contributed by atoms with Gasteiger partial charge >= 0.3 is 0 Å². The van der Waals surface area contributed by atoms with Gasteiger partial charge in [0.15, 0.2) is 0 Å². The van der Waals surface area contributed by atoms with E-state index in [9.17, 15) is 0 Å². The van der Waals surface area contributed by atoms with E-state index >= 15 is 0 Å². The summed E-state index contributed by atoms with van der Waals surface area (Å²) in [6.07, 6.45) is 13.0. The van der Waals surface area contributed by atoms with Gasteiger partial charge in [0.05, 0.1) is 5.54 Å². The number of azide groups is 1. The van der Waals surface area contributed by atoms with Crippen molar-refractivity contribution in [2.24, 2.45) is 28.8 Å². The van der Waals surface area contributed by atoms with Crippen molar-refractivity contribution in [2.75, 3.05) is 0 Å². The predicted octanol–water partition coefficient (Wildman–Crippen LogP) is 6.90. The first kappa shape index (κ1) is 19.1. The van der Waals surface area contributed by atoms with Gasteiger partial charge in [-0.25, -0.2) is 0 Å². The molecule has 0 aromatic heterocycles. The molecule has 1 rings (SSSR count). The molecule has 0 amide bonds. The minimum Gasteiger partial charge on any atom is -0.0845 e. The molecule has 0 unspecified atom stereocenters. The van der Waals surface area contributed by atoms with Crippen molar-refractivity contribution in [3.63, 3.8) is 0 Å². The average molecular weight is 306 g/mol. The molecule has 3 nitrogen and oxygen atoms in total. The second kappa shape index (κ2) is 9.25. The van der Waals surface area contributed by atoms with Crippen LogP contribution in [0.15, 0.2) is 17.3 Å². The minimum absolute atomic E-state index is 0.355. The van der Waals surface area contributed by atoms with E-state index in [1.165, 1.54) is 32.1 Å². The summed E-state index contributed by atoms with van der Waals surface area (Å²) in [5.41, 5.74) is 8.55. The van der Waals surface area contributed by atoms with Crippen molar-refractivity contribution < 1.29 is 0 Å². The number of rotatable bonds is 8. The number of nitrogens with zero attached hydrogens (tertiary/aromatic N) is 3. The lowest BCUT2D eigenvalue weighted by Crippen LogP contribution is -2.27. The molecule has 0 radical (unpaired) electrons.